The molecule has 0 radical (unpaired) electrons. The number of aromatic nitrogens is 2. The first kappa shape index (κ1) is 13.9. The van der Waals surface area contributed by atoms with E-state index >= 15 is 0 Å². The van der Waals surface area contributed by atoms with Crippen molar-refractivity contribution < 1.29 is 0 Å². The molecule has 1 N–H and O–H groups in total. The van der Waals surface area contributed by atoms with E-state index in [1.807, 2.05) is 0 Å². The molecule has 0 saturated heterocycles. The SMILES string of the molecule is CCCc1cc(NC(C)CC(C)CC)ncn1. The third-order valence-corrected chi connectivity index (χ3v) is 3.08. The summed E-state index contributed by atoms with van der Waals surface area (Å²) in [4.78, 5) is 8.53. The van der Waals surface area contributed by atoms with Crippen LogP contribution in [0.25, 0.3) is 0 Å². The number of aryl methyl sites for hydroxylation is 1. The molecular weight excluding hydrogens is 210 g/mol. The Labute approximate surface area is 105 Å². The van der Waals surface area contributed by atoms with Gasteiger partial charge in [0.15, 0.2) is 0 Å². The highest BCUT2D eigenvalue weighted by Crippen LogP contribution is 2.14. The molecule has 1 aromatic heterocycles. The topological polar surface area (TPSA) is 37.8 Å². The quantitative estimate of drug-likeness (QED) is 0.783. The molecule has 0 bridgehead atoms. The van der Waals surface area contributed by atoms with Crippen molar-refractivity contribution in [2.75, 3.05) is 5.32 Å². The number of hydrogen-bond acceptors (Lipinski definition) is 3. The van der Waals surface area contributed by atoms with Crippen LogP contribution in [-0.2, 0) is 6.42 Å². The minimum atomic E-state index is 0.467. The molecule has 1 rings (SSSR count). The maximum atomic E-state index is 4.27. The largest absolute Gasteiger partial charge is 0.368 e. The van der Waals surface area contributed by atoms with Crippen LogP contribution in [0.1, 0.15) is 52.7 Å². The van der Waals surface area contributed by atoms with E-state index in [-0.39, 0.29) is 0 Å². The van der Waals surface area contributed by atoms with Gasteiger partial charge in [0.25, 0.3) is 0 Å². The summed E-state index contributed by atoms with van der Waals surface area (Å²) in [6.45, 7) is 8.91. The van der Waals surface area contributed by atoms with Gasteiger partial charge < -0.3 is 5.32 Å². The second-order valence-corrected chi connectivity index (χ2v) is 4.94. The first-order chi connectivity index (χ1) is 8.15. The zero-order chi connectivity index (χ0) is 12.7. The van der Waals surface area contributed by atoms with Crippen LogP contribution in [0.5, 0.6) is 0 Å². The van der Waals surface area contributed by atoms with Gasteiger partial charge in [-0.3, -0.25) is 0 Å². The average molecular weight is 235 g/mol. The Kier molecular flexibility index (Phi) is 5.95. The second kappa shape index (κ2) is 7.25. The van der Waals surface area contributed by atoms with Crippen LogP contribution in [0.3, 0.4) is 0 Å². The van der Waals surface area contributed by atoms with E-state index in [4.69, 9.17) is 0 Å². The van der Waals surface area contributed by atoms with Crippen LogP contribution in [0, 0.1) is 5.92 Å². The summed E-state index contributed by atoms with van der Waals surface area (Å²) in [5, 5.41) is 3.45. The fourth-order valence-electron chi connectivity index (χ4n) is 1.95. The summed E-state index contributed by atoms with van der Waals surface area (Å²) in [5.74, 6) is 1.72. The van der Waals surface area contributed by atoms with Crippen LogP contribution in [0.15, 0.2) is 12.4 Å². The number of nitrogens with one attached hydrogen (secondary N) is 1. The van der Waals surface area contributed by atoms with Gasteiger partial charge in [0, 0.05) is 17.8 Å². The number of nitrogens with zero attached hydrogens (tertiary/aromatic N) is 2. The molecule has 0 fully saturated rings. The predicted octanol–water partition coefficient (Wildman–Crippen LogP) is 3.67. The molecule has 96 valence electrons. The summed E-state index contributed by atoms with van der Waals surface area (Å²) in [5.41, 5.74) is 1.13. The van der Waals surface area contributed by atoms with Crippen molar-refractivity contribution in [2.45, 2.75) is 59.4 Å². The number of anilines is 1. The smallest absolute Gasteiger partial charge is 0.129 e. The third kappa shape index (κ3) is 5.16. The zero-order valence-electron chi connectivity index (χ0n) is 11.5. The Morgan fingerprint density at radius 3 is 2.65 bits per heavy atom. The molecule has 17 heavy (non-hydrogen) atoms. The first-order valence-corrected chi connectivity index (χ1v) is 6.73. The van der Waals surface area contributed by atoms with Crippen molar-refractivity contribution in [1.29, 1.82) is 0 Å². The van der Waals surface area contributed by atoms with Crippen molar-refractivity contribution in [3.8, 4) is 0 Å². The lowest BCUT2D eigenvalue weighted by Crippen LogP contribution is -2.19. The molecule has 2 atom stereocenters. The van der Waals surface area contributed by atoms with Gasteiger partial charge in [-0.2, -0.15) is 0 Å². The van der Waals surface area contributed by atoms with Gasteiger partial charge in [0.05, 0.1) is 0 Å². The molecule has 0 aliphatic rings. The van der Waals surface area contributed by atoms with Crippen LogP contribution in [-0.4, -0.2) is 16.0 Å². The fourth-order valence-corrected chi connectivity index (χ4v) is 1.95. The maximum Gasteiger partial charge on any atom is 0.129 e. The lowest BCUT2D eigenvalue weighted by atomic mass is 10.0. The van der Waals surface area contributed by atoms with E-state index in [1.165, 1.54) is 12.8 Å². The third-order valence-electron chi connectivity index (χ3n) is 3.08. The van der Waals surface area contributed by atoms with Crippen molar-refractivity contribution in [2.24, 2.45) is 5.92 Å². The molecule has 2 unspecified atom stereocenters. The van der Waals surface area contributed by atoms with Crippen molar-refractivity contribution in [3.05, 3.63) is 18.1 Å². The van der Waals surface area contributed by atoms with Crippen LogP contribution in [0.2, 0.25) is 0 Å². The van der Waals surface area contributed by atoms with Gasteiger partial charge in [-0.05, 0) is 25.7 Å². The molecule has 0 saturated carbocycles. The summed E-state index contributed by atoms with van der Waals surface area (Å²) in [6, 6.07) is 2.53. The Bertz CT molecular complexity index is 325. The summed E-state index contributed by atoms with van der Waals surface area (Å²) < 4.78 is 0. The van der Waals surface area contributed by atoms with E-state index in [2.05, 4.69) is 49.0 Å². The minimum absolute atomic E-state index is 0.467. The molecule has 0 aromatic carbocycles. The molecule has 0 spiro atoms. The Morgan fingerprint density at radius 1 is 1.24 bits per heavy atom. The maximum absolute atomic E-state index is 4.27. The van der Waals surface area contributed by atoms with Crippen molar-refractivity contribution >= 4 is 5.82 Å². The second-order valence-electron chi connectivity index (χ2n) is 4.94. The molecular formula is C14H25N3. The highest BCUT2D eigenvalue weighted by molar-refractivity contribution is 5.35. The monoisotopic (exact) mass is 235 g/mol. The highest BCUT2D eigenvalue weighted by atomic mass is 15.0. The van der Waals surface area contributed by atoms with E-state index < -0.39 is 0 Å². The van der Waals surface area contributed by atoms with E-state index in [1.54, 1.807) is 6.33 Å². The van der Waals surface area contributed by atoms with Crippen molar-refractivity contribution in [3.63, 3.8) is 0 Å². The van der Waals surface area contributed by atoms with Gasteiger partial charge in [-0.15, -0.1) is 0 Å². The van der Waals surface area contributed by atoms with E-state index in [0.717, 1.165) is 30.3 Å². The van der Waals surface area contributed by atoms with E-state index in [0.29, 0.717) is 6.04 Å². The van der Waals surface area contributed by atoms with Gasteiger partial charge in [-0.1, -0.05) is 33.6 Å². The van der Waals surface area contributed by atoms with E-state index in [9.17, 15) is 0 Å². The Hall–Kier alpha value is -1.12. The van der Waals surface area contributed by atoms with Gasteiger partial charge in [-0.25, -0.2) is 9.97 Å². The molecule has 3 heteroatoms. The Morgan fingerprint density at radius 2 is 2.00 bits per heavy atom. The molecule has 3 nitrogen and oxygen atoms in total. The fraction of sp³-hybridized carbons (Fsp3) is 0.714. The predicted molar refractivity (Wildman–Crippen MR) is 73.2 cm³/mol. The van der Waals surface area contributed by atoms with Crippen LogP contribution >= 0.6 is 0 Å². The minimum Gasteiger partial charge on any atom is -0.368 e. The summed E-state index contributed by atoms with van der Waals surface area (Å²) >= 11 is 0. The lowest BCUT2D eigenvalue weighted by molar-refractivity contribution is 0.483. The van der Waals surface area contributed by atoms with Crippen LogP contribution in [0.4, 0.5) is 5.82 Å². The number of rotatable bonds is 7. The van der Waals surface area contributed by atoms with Crippen molar-refractivity contribution in [1.82, 2.24) is 9.97 Å². The molecule has 0 aliphatic carbocycles. The molecule has 1 heterocycles. The van der Waals surface area contributed by atoms with Gasteiger partial charge in [0.1, 0.15) is 12.1 Å². The summed E-state index contributed by atoms with van der Waals surface area (Å²) in [7, 11) is 0. The zero-order valence-corrected chi connectivity index (χ0v) is 11.5. The standard InChI is InChI=1S/C14H25N3/c1-5-7-13-9-14(16-10-15-13)17-12(4)8-11(3)6-2/h9-12H,5-8H2,1-4H3,(H,15,16,17). The summed E-state index contributed by atoms with van der Waals surface area (Å²) in [6.07, 6.45) is 6.22. The molecule has 0 amide bonds. The molecule has 1 aromatic rings. The molecule has 0 aliphatic heterocycles. The van der Waals surface area contributed by atoms with Crippen LogP contribution < -0.4 is 5.32 Å². The highest BCUT2D eigenvalue weighted by Gasteiger charge is 2.08. The Balaban J connectivity index is 2.52. The number of hydrogen-bond donors (Lipinski definition) is 1. The van der Waals surface area contributed by atoms with Gasteiger partial charge >= 0.3 is 0 Å². The average Bonchev–Trinajstić information content (AvgIpc) is 2.29. The first-order valence-electron chi connectivity index (χ1n) is 6.73. The van der Waals surface area contributed by atoms with Gasteiger partial charge in [0.2, 0.25) is 0 Å². The normalized spacial score (nSPS) is 14.4. The lowest BCUT2D eigenvalue weighted by Gasteiger charge is -2.18.